The summed E-state index contributed by atoms with van der Waals surface area (Å²) >= 11 is 6.05. The molecule has 0 atom stereocenters. The summed E-state index contributed by atoms with van der Waals surface area (Å²) in [6, 6.07) is 11.6. The minimum atomic E-state index is -0.0919. The van der Waals surface area contributed by atoms with Crippen molar-refractivity contribution in [2.75, 3.05) is 6.73 Å². The number of rotatable bonds is 2. The van der Waals surface area contributed by atoms with E-state index in [4.69, 9.17) is 21.1 Å². The van der Waals surface area contributed by atoms with Gasteiger partial charge >= 0.3 is 0 Å². The number of hydrogen-bond acceptors (Lipinski definition) is 4. The van der Waals surface area contributed by atoms with E-state index in [9.17, 15) is 4.79 Å². The van der Waals surface area contributed by atoms with Crippen molar-refractivity contribution in [2.45, 2.75) is 38.3 Å². The number of ether oxygens (including phenoxy) is 2. The Labute approximate surface area is 163 Å². The zero-order chi connectivity index (χ0) is 18.4. The minimum Gasteiger partial charge on any atom is -0.478 e. The standard InChI is InChI=1S/C22H20ClNO3/c23-15-5-3-4-14(10-15)11-20-21(25)17-8-9-19-18(22(17)27-20)12-24(13-26-19)16-6-1-2-7-16/h3-5,8-11,16H,1-2,6-7,12-13H2/b20-11-. The van der Waals surface area contributed by atoms with Gasteiger partial charge in [0.25, 0.3) is 0 Å². The number of nitrogens with zero attached hydrogens (tertiary/aromatic N) is 1. The molecular weight excluding hydrogens is 362 g/mol. The lowest BCUT2D eigenvalue weighted by Gasteiger charge is -2.33. The smallest absolute Gasteiger partial charge is 0.231 e. The second kappa shape index (κ2) is 6.70. The van der Waals surface area contributed by atoms with Crippen molar-refractivity contribution < 1.29 is 14.3 Å². The van der Waals surface area contributed by atoms with Crippen LogP contribution in [0.3, 0.4) is 0 Å². The van der Waals surface area contributed by atoms with Gasteiger partial charge in [0.05, 0.1) is 11.1 Å². The quantitative estimate of drug-likeness (QED) is 0.682. The van der Waals surface area contributed by atoms with Crippen LogP contribution >= 0.6 is 11.6 Å². The highest BCUT2D eigenvalue weighted by atomic mass is 35.5. The fourth-order valence-corrected chi connectivity index (χ4v) is 4.43. The van der Waals surface area contributed by atoms with Gasteiger partial charge < -0.3 is 9.47 Å². The lowest BCUT2D eigenvalue weighted by Crippen LogP contribution is -2.39. The predicted molar refractivity (Wildman–Crippen MR) is 104 cm³/mol. The molecule has 0 bridgehead atoms. The van der Waals surface area contributed by atoms with Crippen molar-refractivity contribution >= 4 is 23.5 Å². The summed E-state index contributed by atoms with van der Waals surface area (Å²) in [6.07, 6.45) is 6.74. The molecule has 27 heavy (non-hydrogen) atoms. The second-order valence-corrected chi connectivity index (χ2v) is 7.81. The Morgan fingerprint density at radius 2 is 2.00 bits per heavy atom. The Balaban J connectivity index is 1.47. The van der Waals surface area contributed by atoms with Crippen LogP contribution in [0, 0.1) is 0 Å². The molecule has 4 nitrogen and oxygen atoms in total. The Bertz CT molecular complexity index is 947. The van der Waals surface area contributed by atoms with Crippen LogP contribution in [-0.4, -0.2) is 23.5 Å². The number of halogens is 1. The molecule has 0 spiro atoms. The van der Waals surface area contributed by atoms with E-state index in [0.717, 1.165) is 23.4 Å². The molecule has 0 aromatic heterocycles. The van der Waals surface area contributed by atoms with Crippen LogP contribution < -0.4 is 9.47 Å². The average Bonchev–Trinajstić information content (AvgIpc) is 3.31. The van der Waals surface area contributed by atoms with Crippen molar-refractivity contribution in [2.24, 2.45) is 0 Å². The number of benzene rings is 2. The highest BCUT2D eigenvalue weighted by Crippen LogP contribution is 2.43. The Kier molecular flexibility index (Phi) is 4.18. The van der Waals surface area contributed by atoms with Gasteiger partial charge in [0.2, 0.25) is 5.78 Å². The molecule has 2 aliphatic heterocycles. The molecule has 0 amide bonds. The van der Waals surface area contributed by atoms with E-state index < -0.39 is 0 Å². The van der Waals surface area contributed by atoms with Crippen LogP contribution in [0.4, 0.5) is 0 Å². The largest absolute Gasteiger partial charge is 0.478 e. The summed E-state index contributed by atoms with van der Waals surface area (Å²) in [4.78, 5) is 15.2. The number of fused-ring (bicyclic) bond motifs is 3. The van der Waals surface area contributed by atoms with E-state index in [0.29, 0.717) is 34.9 Å². The third-order valence-electron chi connectivity index (χ3n) is 5.63. The van der Waals surface area contributed by atoms with Gasteiger partial charge in [-0.2, -0.15) is 0 Å². The van der Waals surface area contributed by atoms with E-state index in [1.165, 1.54) is 25.7 Å². The summed E-state index contributed by atoms with van der Waals surface area (Å²) in [6.45, 7) is 1.37. The third-order valence-corrected chi connectivity index (χ3v) is 5.87. The summed E-state index contributed by atoms with van der Waals surface area (Å²) < 4.78 is 12.0. The molecule has 2 aromatic rings. The maximum absolute atomic E-state index is 12.8. The van der Waals surface area contributed by atoms with Gasteiger partial charge in [-0.3, -0.25) is 9.69 Å². The SMILES string of the molecule is O=C1/C(=C/c2cccc(Cl)c2)Oc2c1ccc1c2CN(C2CCCC2)CO1. The zero-order valence-electron chi connectivity index (χ0n) is 14.9. The van der Waals surface area contributed by atoms with Crippen LogP contribution in [0.1, 0.15) is 47.2 Å². The monoisotopic (exact) mass is 381 g/mol. The van der Waals surface area contributed by atoms with Crippen molar-refractivity contribution in [1.29, 1.82) is 0 Å². The number of allylic oxidation sites excluding steroid dienone is 1. The van der Waals surface area contributed by atoms with Crippen LogP contribution in [0.5, 0.6) is 11.5 Å². The van der Waals surface area contributed by atoms with Gasteiger partial charge in [-0.05, 0) is 48.7 Å². The van der Waals surface area contributed by atoms with Gasteiger partial charge in [0.15, 0.2) is 5.76 Å². The molecule has 0 saturated heterocycles. The average molecular weight is 382 g/mol. The van der Waals surface area contributed by atoms with Gasteiger partial charge in [-0.25, -0.2) is 0 Å². The van der Waals surface area contributed by atoms with E-state index in [1.807, 2.05) is 24.3 Å². The number of carbonyl (C=O) groups excluding carboxylic acids is 1. The number of Topliss-reactive ketones (excluding diaryl/α,β-unsaturated/α-hetero) is 1. The molecular formula is C22H20ClNO3. The first-order valence-corrected chi connectivity index (χ1v) is 9.79. The fraction of sp³-hybridized carbons (Fsp3) is 0.318. The second-order valence-electron chi connectivity index (χ2n) is 7.37. The summed E-state index contributed by atoms with van der Waals surface area (Å²) in [5.41, 5.74) is 2.43. The highest BCUT2D eigenvalue weighted by molar-refractivity contribution is 6.30. The van der Waals surface area contributed by atoms with E-state index in [2.05, 4.69) is 4.90 Å². The molecule has 1 saturated carbocycles. The van der Waals surface area contributed by atoms with Crippen molar-refractivity contribution in [3.8, 4) is 11.5 Å². The van der Waals surface area contributed by atoms with Crippen molar-refractivity contribution in [1.82, 2.24) is 4.90 Å². The Hall–Kier alpha value is -2.30. The molecule has 0 N–H and O–H groups in total. The highest BCUT2D eigenvalue weighted by Gasteiger charge is 2.35. The van der Waals surface area contributed by atoms with E-state index >= 15 is 0 Å². The first kappa shape index (κ1) is 16.8. The topological polar surface area (TPSA) is 38.8 Å². The first-order valence-electron chi connectivity index (χ1n) is 9.41. The molecule has 1 fully saturated rings. The van der Waals surface area contributed by atoms with Crippen molar-refractivity contribution in [3.63, 3.8) is 0 Å². The maximum Gasteiger partial charge on any atom is 0.231 e. The van der Waals surface area contributed by atoms with Crippen LogP contribution in [0.25, 0.3) is 6.08 Å². The van der Waals surface area contributed by atoms with Gasteiger partial charge in [0.1, 0.15) is 18.2 Å². The molecule has 2 aromatic carbocycles. The molecule has 0 unspecified atom stereocenters. The molecule has 5 heteroatoms. The van der Waals surface area contributed by atoms with Gasteiger partial charge in [-0.15, -0.1) is 0 Å². The lowest BCUT2D eigenvalue weighted by molar-refractivity contribution is 0.0567. The minimum absolute atomic E-state index is 0.0919. The van der Waals surface area contributed by atoms with Gasteiger partial charge in [0, 0.05) is 17.6 Å². The number of hydrogen-bond donors (Lipinski definition) is 0. The number of carbonyl (C=O) groups is 1. The zero-order valence-corrected chi connectivity index (χ0v) is 15.7. The fourth-order valence-electron chi connectivity index (χ4n) is 4.23. The molecule has 1 aliphatic carbocycles. The van der Waals surface area contributed by atoms with Crippen LogP contribution in [-0.2, 0) is 6.54 Å². The molecule has 2 heterocycles. The van der Waals surface area contributed by atoms with Gasteiger partial charge in [-0.1, -0.05) is 36.6 Å². The maximum atomic E-state index is 12.8. The lowest BCUT2D eigenvalue weighted by atomic mass is 10.0. The van der Waals surface area contributed by atoms with Crippen molar-refractivity contribution in [3.05, 3.63) is 63.9 Å². The summed E-state index contributed by atoms with van der Waals surface area (Å²) in [5.74, 6) is 1.71. The van der Waals surface area contributed by atoms with Crippen LogP contribution in [0.2, 0.25) is 5.02 Å². The Morgan fingerprint density at radius 3 is 2.81 bits per heavy atom. The van der Waals surface area contributed by atoms with E-state index in [-0.39, 0.29) is 5.78 Å². The Morgan fingerprint density at radius 1 is 1.15 bits per heavy atom. The predicted octanol–water partition coefficient (Wildman–Crippen LogP) is 5.05. The van der Waals surface area contributed by atoms with E-state index in [1.54, 1.807) is 18.2 Å². The summed E-state index contributed by atoms with van der Waals surface area (Å²) in [7, 11) is 0. The summed E-state index contributed by atoms with van der Waals surface area (Å²) in [5, 5.41) is 0.630. The van der Waals surface area contributed by atoms with Crippen LogP contribution in [0.15, 0.2) is 42.2 Å². The first-order chi connectivity index (χ1) is 13.2. The molecule has 5 rings (SSSR count). The normalized spacial score (nSPS) is 21.1. The number of ketones is 1. The third kappa shape index (κ3) is 3.03. The molecule has 138 valence electrons. The molecule has 0 radical (unpaired) electrons. The molecule has 3 aliphatic rings.